The average molecular weight is 350 g/mol. The Kier molecular flexibility index (Phi) is 3.81. The van der Waals surface area contributed by atoms with Gasteiger partial charge >= 0.3 is 6.09 Å². The van der Waals surface area contributed by atoms with Gasteiger partial charge in [-0.1, -0.05) is 11.2 Å². The third-order valence-electron chi connectivity index (χ3n) is 3.93. The molecule has 4 aromatic rings. The van der Waals surface area contributed by atoms with E-state index in [2.05, 4.69) is 35.6 Å². The molecule has 0 aliphatic rings. The second-order valence-corrected chi connectivity index (χ2v) is 5.54. The van der Waals surface area contributed by atoms with Gasteiger partial charge in [0.2, 0.25) is 0 Å². The van der Waals surface area contributed by atoms with Gasteiger partial charge in [0.1, 0.15) is 11.4 Å². The van der Waals surface area contributed by atoms with E-state index in [4.69, 9.17) is 4.52 Å². The fourth-order valence-electron chi connectivity index (χ4n) is 2.73. The van der Waals surface area contributed by atoms with Crippen molar-refractivity contribution in [2.24, 2.45) is 0 Å². The number of fused-ring (bicyclic) bond motifs is 1. The minimum absolute atomic E-state index is 0.302. The molecule has 9 heteroatoms. The Morgan fingerprint density at radius 1 is 1.31 bits per heavy atom. The maximum absolute atomic E-state index is 11.4. The van der Waals surface area contributed by atoms with Gasteiger partial charge in [-0.15, -0.1) is 5.10 Å². The normalized spacial score (nSPS) is 10.8. The Labute approximate surface area is 147 Å². The average Bonchev–Trinajstić information content (AvgIpc) is 3.25. The van der Waals surface area contributed by atoms with Gasteiger partial charge in [0.05, 0.1) is 12.5 Å². The van der Waals surface area contributed by atoms with Gasteiger partial charge in [0.15, 0.2) is 11.4 Å². The number of carbonyl (C=O) groups excluding carboxylic acids is 1. The van der Waals surface area contributed by atoms with E-state index in [9.17, 15) is 4.79 Å². The van der Waals surface area contributed by atoms with Crippen molar-refractivity contribution in [2.75, 3.05) is 12.4 Å². The molecule has 0 fully saturated rings. The fraction of sp³-hybridized carbons (Fsp3) is 0.118. The van der Waals surface area contributed by atoms with Crippen molar-refractivity contribution in [1.82, 2.24) is 25.6 Å². The van der Waals surface area contributed by atoms with Crippen LogP contribution in [0.4, 0.5) is 10.6 Å². The number of rotatable bonds is 3. The van der Waals surface area contributed by atoms with E-state index in [1.807, 2.05) is 31.2 Å². The molecule has 26 heavy (non-hydrogen) atoms. The molecule has 0 saturated carbocycles. The van der Waals surface area contributed by atoms with Gasteiger partial charge in [-0.3, -0.25) is 10.4 Å². The van der Waals surface area contributed by atoms with Crippen LogP contribution in [0.5, 0.6) is 0 Å². The second-order valence-electron chi connectivity index (χ2n) is 5.54. The summed E-state index contributed by atoms with van der Waals surface area (Å²) in [6.45, 7) is 1.93. The van der Waals surface area contributed by atoms with Crippen LogP contribution in [-0.4, -0.2) is 38.8 Å². The quantitative estimate of drug-likeness (QED) is 0.582. The van der Waals surface area contributed by atoms with Crippen LogP contribution in [0.25, 0.3) is 33.5 Å². The highest BCUT2D eigenvalue weighted by molar-refractivity contribution is 5.98. The number of benzene rings is 1. The number of hydrogen-bond donors (Lipinski definition) is 2. The Balaban J connectivity index is 1.79. The Hall–Kier alpha value is -3.75. The lowest BCUT2D eigenvalue weighted by Gasteiger charge is -2.04. The predicted molar refractivity (Wildman–Crippen MR) is 93.4 cm³/mol. The number of hydrogen-bond acceptors (Lipinski definition) is 7. The molecule has 0 aliphatic carbocycles. The smallest absolute Gasteiger partial charge is 0.412 e. The molecule has 0 spiro atoms. The summed E-state index contributed by atoms with van der Waals surface area (Å²) in [6.07, 6.45) is 0.999. The highest BCUT2D eigenvalue weighted by Crippen LogP contribution is 2.34. The number of aromatic nitrogens is 5. The summed E-state index contributed by atoms with van der Waals surface area (Å²) in [4.78, 5) is 11.4. The number of nitrogens with zero attached hydrogens (tertiary/aromatic N) is 4. The van der Waals surface area contributed by atoms with Crippen LogP contribution >= 0.6 is 0 Å². The SMILES string of the molecule is COC(=O)Nc1noc2cc(-c3c(-c4cccnn4)n[nH]c3C)ccc12. The van der Waals surface area contributed by atoms with Gasteiger partial charge in [-0.05, 0) is 36.8 Å². The first-order valence-corrected chi connectivity index (χ1v) is 7.75. The number of H-pyrrole nitrogens is 1. The van der Waals surface area contributed by atoms with Gasteiger partial charge in [-0.2, -0.15) is 10.2 Å². The molecule has 1 amide bonds. The molecule has 4 rings (SSSR count). The molecule has 9 nitrogen and oxygen atoms in total. The van der Waals surface area contributed by atoms with Crippen molar-refractivity contribution in [1.29, 1.82) is 0 Å². The predicted octanol–water partition coefficient (Wildman–Crippen LogP) is 3.16. The lowest BCUT2D eigenvalue weighted by atomic mass is 10.0. The van der Waals surface area contributed by atoms with Crippen molar-refractivity contribution >= 4 is 22.9 Å². The van der Waals surface area contributed by atoms with E-state index in [0.717, 1.165) is 16.8 Å². The number of aryl methyl sites for hydroxylation is 1. The molecule has 1 aromatic carbocycles. The van der Waals surface area contributed by atoms with Crippen LogP contribution in [0.3, 0.4) is 0 Å². The van der Waals surface area contributed by atoms with Crippen molar-refractivity contribution in [3.8, 4) is 22.5 Å². The number of nitrogens with one attached hydrogen (secondary N) is 2. The zero-order chi connectivity index (χ0) is 18.1. The van der Waals surface area contributed by atoms with E-state index in [0.29, 0.717) is 28.2 Å². The van der Waals surface area contributed by atoms with E-state index in [1.165, 1.54) is 7.11 Å². The summed E-state index contributed by atoms with van der Waals surface area (Å²) in [6, 6.07) is 9.21. The summed E-state index contributed by atoms with van der Waals surface area (Å²) in [5, 5.41) is 22.4. The third kappa shape index (κ3) is 2.65. The van der Waals surface area contributed by atoms with Crippen LogP contribution in [0, 0.1) is 6.92 Å². The Bertz CT molecular complexity index is 1090. The summed E-state index contributed by atoms with van der Waals surface area (Å²) in [5.74, 6) is 0.302. The molecule has 2 N–H and O–H groups in total. The summed E-state index contributed by atoms with van der Waals surface area (Å²) < 4.78 is 9.92. The maximum Gasteiger partial charge on any atom is 0.412 e. The number of amides is 1. The molecule has 0 saturated heterocycles. The number of methoxy groups -OCH3 is 1. The van der Waals surface area contributed by atoms with Crippen molar-refractivity contribution < 1.29 is 14.1 Å². The van der Waals surface area contributed by atoms with Crippen molar-refractivity contribution in [3.05, 3.63) is 42.2 Å². The Morgan fingerprint density at radius 2 is 2.19 bits per heavy atom. The summed E-state index contributed by atoms with van der Waals surface area (Å²) in [7, 11) is 1.28. The lowest BCUT2D eigenvalue weighted by Crippen LogP contribution is -2.11. The van der Waals surface area contributed by atoms with Crippen molar-refractivity contribution in [2.45, 2.75) is 6.92 Å². The number of aromatic amines is 1. The molecule has 130 valence electrons. The third-order valence-corrected chi connectivity index (χ3v) is 3.93. The molecule has 0 aliphatic heterocycles. The van der Waals surface area contributed by atoms with Crippen LogP contribution < -0.4 is 5.32 Å². The van der Waals surface area contributed by atoms with Gasteiger partial charge < -0.3 is 9.26 Å². The monoisotopic (exact) mass is 350 g/mol. The number of ether oxygens (including phenoxy) is 1. The fourth-order valence-corrected chi connectivity index (χ4v) is 2.73. The summed E-state index contributed by atoms with van der Waals surface area (Å²) >= 11 is 0. The molecule has 0 atom stereocenters. The van der Waals surface area contributed by atoms with E-state index in [-0.39, 0.29) is 0 Å². The molecule has 0 unspecified atom stereocenters. The highest BCUT2D eigenvalue weighted by Gasteiger charge is 2.18. The lowest BCUT2D eigenvalue weighted by molar-refractivity contribution is 0.186. The number of anilines is 1. The van der Waals surface area contributed by atoms with E-state index >= 15 is 0 Å². The molecule has 3 aromatic heterocycles. The topological polar surface area (TPSA) is 119 Å². The van der Waals surface area contributed by atoms with Crippen molar-refractivity contribution in [3.63, 3.8) is 0 Å². The standard InChI is InChI=1S/C17H14N6O3/c1-9-14(15(22-20-9)12-4-3-7-18-21-12)10-5-6-11-13(8-10)26-23-16(11)19-17(24)25-2/h3-8H,1-2H3,(H,20,22)(H,19,23,24). The van der Waals surface area contributed by atoms with Crippen LogP contribution in [0.1, 0.15) is 5.69 Å². The van der Waals surface area contributed by atoms with Crippen LogP contribution in [0.15, 0.2) is 41.1 Å². The first-order valence-electron chi connectivity index (χ1n) is 7.75. The van der Waals surface area contributed by atoms with Gasteiger partial charge in [-0.25, -0.2) is 4.79 Å². The second kappa shape index (κ2) is 6.28. The maximum atomic E-state index is 11.4. The minimum atomic E-state index is -0.611. The van der Waals surface area contributed by atoms with Gasteiger partial charge in [0.25, 0.3) is 0 Å². The zero-order valence-electron chi connectivity index (χ0n) is 14.0. The highest BCUT2D eigenvalue weighted by atomic mass is 16.5. The Morgan fingerprint density at radius 3 is 2.96 bits per heavy atom. The van der Waals surface area contributed by atoms with E-state index < -0.39 is 6.09 Å². The van der Waals surface area contributed by atoms with Gasteiger partial charge in [0, 0.05) is 17.5 Å². The van der Waals surface area contributed by atoms with Crippen LogP contribution in [-0.2, 0) is 4.74 Å². The number of carbonyl (C=O) groups is 1. The van der Waals surface area contributed by atoms with Crippen LogP contribution in [0.2, 0.25) is 0 Å². The largest absolute Gasteiger partial charge is 0.453 e. The first kappa shape index (κ1) is 15.8. The first-order chi connectivity index (χ1) is 12.7. The zero-order valence-corrected chi connectivity index (χ0v) is 14.0. The summed E-state index contributed by atoms with van der Waals surface area (Å²) in [5.41, 5.74) is 4.55. The molecular weight excluding hydrogens is 336 g/mol. The molecule has 0 bridgehead atoms. The van der Waals surface area contributed by atoms with E-state index in [1.54, 1.807) is 12.3 Å². The minimum Gasteiger partial charge on any atom is -0.453 e. The molecule has 0 radical (unpaired) electrons. The molecule has 3 heterocycles. The molecular formula is C17H14N6O3.